The molecule has 6 nitrogen and oxygen atoms in total. The number of carbonyl (C=O) groups is 2. The second-order valence-corrected chi connectivity index (χ2v) is 4.40. The highest BCUT2D eigenvalue weighted by Crippen LogP contribution is 2.25. The molecule has 0 aromatic heterocycles. The number of carboxylic acid groups (broad SMARTS) is 1. The Balaban J connectivity index is 2.53. The lowest BCUT2D eigenvalue weighted by molar-refractivity contribution is -0.131. The van der Waals surface area contributed by atoms with Gasteiger partial charge in [0, 0.05) is 19.7 Å². The third-order valence-electron chi connectivity index (χ3n) is 2.36. The second-order valence-electron chi connectivity index (χ2n) is 3.99. The average Bonchev–Trinajstić information content (AvgIpc) is 2.44. The van der Waals surface area contributed by atoms with E-state index >= 15 is 0 Å². The van der Waals surface area contributed by atoms with Gasteiger partial charge in [0.25, 0.3) is 5.91 Å². The number of halogens is 1. The van der Waals surface area contributed by atoms with Gasteiger partial charge in [-0.2, -0.15) is 0 Å². The quantitative estimate of drug-likeness (QED) is 0.562. The predicted molar refractivity (Wildman–Crippen MR) is 78.5 cm³/mol. The topological polar surface area (TPSA) is 84.9 Å². The van der Waals surface area contributed by atoms with Crippen molar-refractivity contribution < 1.29 is 24.2 Å². The molecule has 21 heavy (non-hydrogen) atoms. The minimum absolute atomic E-state index is 0.159. The van der Waals surface area contributed by atoms with Crippen molar-refractivity contribution in [3.63, 3.8) is 0 Å². The summed E-state index contributed by atoms with van der Waals surface area (Å²) in [5.41, 5.74) is 0.624. The Morgan fingerprint density at radius 2 is 2.19 bits per heavy atom. The molecule has 7 heteroatoms. The van der Waals surface area contributed by atoms with E-state index < -0.39 is 5.97 Å². The molecule has 1 aromatic rings. The highest BCUT2D eigenvalue weighted by Gasteiger charge is 2.06. The summed E-state index contributed by atoms with van der Waals surface area (Å²) in [5, 5.41) is 11.4. The van der Waals surface area contributed by atoms with E-state index in [4.69, 9.17) is 26.2 Å². The molecule has 114 valence electrons. The average molecular weight is 314 g/mol. The second kappa shape index (κ2) is 8.99. The zero-order valence-electron chi connectivity index (χ0n) is 11.5. The maximum atomic E-state index is 11.4. The molecule has 0 bridgehead atoms. The molecule has 0 aliphatic rings. The maximum absolute atomic E-state index is 11.4. The van der Waals surface area contributed by atoms with Crippen LogP contribution in [0.4, 0.5) is 0 Å². The summed E-state index contributed by atoms with van der Waals surface area (Å²) >= 11 is 6.00. The number of nitrogens with one attached hydrogen (secondary N) is 1. The molecule has 2 N–H and O–H groups in total. The van der Waals surface area contributed by atoms with Crippen LogP contribution in [0.2, 0.25) is 5.02 Å². The molecule has 0 aliphatic heterocycles. The lowest BCUT2D eigenvalue weighted by Crippen LogP contribution is -2.31. The summed E-state index contributed by atoms with van der Waals surface area (Å²) < 4.78 is 10.1. The molecule has 0 heterocycles. The molecular weight excluding hydrogens is 298 g/mol. The van der Waals surface area contributed by atoms with Crippen molar-refractivity contribution >= 4 is 29.6 Å². The van der Waals surface area contributed by atoms with Crippen LogP contribution < -0.4 is 10.1 Å². The fourth-order valence-electron chi connectivity index (χ4n) is 1.39. The van der Waals surface area contributed by atoms with E-state index in [1.807, 2.05) is 0 Å². The zero-order valence-corrected chi connectivity index (χ0v) is 12.2. The van der Waals surface area contributed by atoms with Crippen LogP contribution in [0.25, 0.3) is 6.08 Å². The Bertz CT molecular complexity index is 530. The van der Waals surface area contributed by atoms with Crippen LogP contribution in [0.15, 0.2) is 24.3 Å². The molecule has 0 radical (unpaired) electrons. The highest BCUT2D eigenvalue weighted by molar-refractivity contribution is 6.32. The number of carbonyl (C=O) groups excluding carboxylic acids is 1. The standard InChI is InChI=1S/C14H16ClNO5/c1-20-7-6-16-13(17)9-21-12-4-2-10(8-11(12)15)3-5-14(18)19/h2-5,8H,6-7,9H2,1H3,(H,16,17)(H,18,19). The van der Waals surface area contributed by atoms with E-state index in [0.29, 0.717) is 29.5 Å². The highest BCUT2D eigenvalue weighted by atomic mass is 35.5. The number of rotatable bonds is 8. The molecular formula is C14H16ClNO5. The predicted octanol–water partition coefficient (Wildman–Crippen LogP) is 1.58. The van der Waals surface area contributed by atoms with E-state index in [1.54, 1.807) is 25.3 Å². The monoisotopic (exact) mass is 313 g/mol. The first-order valence-electron chi connectivity index (χ1n) is 6.12. The lowest BCUT2D eigenvalue weighted by Gasteiger charge is -2.09. The third-order valence-corrected chi connectivity index (χ3v) is 2.66. The van der Waals surface area contributed by atoms with Crippen LogP contribution in [-0.4, -0.2) is 43.9 Å². The van der Waals surface area contributed by atoms with Crippen molar-refractivity contribution in [1.82, 2.24) is 5.32 Å². The van der Waals surface area contributed by atoms with Gasteiger partial charge in [0.1, 0.15) is 5.75 Å². The van der Waals surface area contributed by atoms with Gasteiger partial charge in [-0.25, -0.2) is 4.79 Å². The number of aliphatic carboxylic acids is 1. The summed E-state index contributed by atoms with van der Waals surface area (Å²) in [6.45, 7) is 0.677. The molecule has 0 saturated heterocycles. The van der Waals surface area contributed by atoms with Crippen molar-refractivity contribution in [2.45, 2.75) is 0 Å². The summed E-state index contributed by atoms with van der Waals surface area (Å²) in [6.07, 6.45) is 2.42. The molecule has 1 amide bonds. The number of hydrogen-bond acceptors (Lipinski definition) is 4. The Morgan fingerprint density at radius 1 is 1.43 bits per heavy atom. The number of carboxylic acids is 1. The fourth-order valence-corrected chi connectivity index (χ4v) is 1.64. The number of amides is 1. The molecule has 1 rings (SSSR count). The first kappa shape index (κ1) is 17.0. The smallest absolute Gasteiger partial charge is 0.328 e. The number of methoxy groups -OCH3 is 1. The summed E-state index contributed by atoms with van der Waals surface area (Å²) in [5.74, 6) is -0.969. The summed E-state index contributed by atoms with van der Waals surface area (Å²) in [7, 11) is 1.54. The minimum atomic E-state index is -1.04. The summed E-state index contributed by atoms with van der Waals surface area (Å²) in [4.78, 5) is 21.8. The van der Waals surface area contributed by atoms with E-state index in [0.717, 1.165) is 6.08 Å². The molecule has 0 saturated carbocycles. The van der Waals surface area contributed by atoms with Gasteiger partial charge in [-0.1, -0.05) is 17.7 Å². The van der Waals surface area contributed by atoms with E-state index in [2.05, 4.69) is 5.32 Å². The van der Waals surface area contributed by atoms with Crippen molar-refractivity contribution in [3.05, 3.63) is 34.9 Å². The fraction of sp³-hybridized carbons (Fsp3) is 0.286. The van der Waals surface area contributed by atoms with E-state index in [-0.39, 0.29) is 12.5 Å². The van der Waals surface area contributed by atoms with Gasteiger partial charge in [0.2, 0.25) is 0 Å². The van der Waals surface area contributed by atoms with Crippen LogP contribution in [0.1, 0.15) is 5.56 Å². The molecule has 0 atom stereocenters. The Labute approximate surface area is 127 Å². The van der Waals surface area contributed by atoms with Crippen LogP contribution in [0.5, 0.6) is 5.75 Å². The van der Waals surface area contributed by atoms with Gasteiger partial charge in [-0.05, 0) is 23.8 Å². The van der Waals surface area contributed by atoms with E-state index in [9.17, 15) is 9.59 Å². The first-order chi connectivity index (χ1) is 10.0. The number of benzene rings is 1. The Kier molecular flexibility index (Phi) is 7.28. The minimum Gasteiger partial charge on any atom is -0.482 e. The normalized spacial score (nSPS) is 10.6. The Hall–Kier alpha value is -2.05. The van der Waals surface area contributed by atoms with Crippen molar-refractivity contribution in [2.75, 3.05) is 26.9 Å². The van der Waals surface area contributed by atoms with Crippen molar-refractivity contribution in [2.24, 2.45) is 0 Å². The van der Waals surface area contributed by atoms with Gasteiger partial charge in [-0.15, -0.1) is 0 Å². The molecule has 0 fully saturated rings. The maximum Gasteiger partial charge on any atom is 0.328 e. The number of ether oxygens (including phenoxy) is 2. The Morgan fingerprint density at radius 3 is 2.81 bits per heavy atom. The van der Waals surface area contributed by atoms with Crippen molar-refractivity contribution in [3.8, 4) is 5.75 Å². The van der Waals surface area contributed by atoms with Crippen LogP contribution >= 0.6 is 11.6 Å². The van der Waals surface area contributed by atoms with Crippen LogP contribution in [-0.2, 0) is 14.3 Å². The molecule has 0 spiro atoms. The third kappa shape index (κ3) is 6.78. The number of hydrogen-bond donors (Lipinski definition) is 2. The SMILES string of the molecule is COCCNC(=O)COc1ccc(C=CC(=O)O)cc1Cl. The van der Waals surface area contributed by atoms with E-state index in [1.165, 1.54) is 6.08 Å². The lowest BCUT2D eigenvalue weighted by atomic mass is 10.2. The van der Waals surface area contributed by atoms with Gasteiger partial charge in [-0.3, -0.25) is 4.79 Å². The molecule has 1 aromatic carbocycles. The van der Waals surface area contributed by atoms with Crippen molar-refractivity contribution in [1.29, 1.82) is 0 Å². The van der Waals surface area contributed by atoms with Crippen LogP contribution in [0.3, 0.4) is 0 Å². The van der Waals surface area contributed by atoms with Gasteiger partial charge in [0.05, 0.1) is 11.6 Å². The molecule has 0 unspecified atom stereocenters. The summed E-state index contributed by atoms with van der Waals surface area (Å²) in [6, 6.07) is 4.77. The molecule has 0 aliphatic carbocycles. The van der Waals surface area contributed by atoms with Gasteiger partial charge < -0.3 is 19.9 Å². The largest absolute Gasteiger partial charge is 0.482 e. The van der Waals surface area contributed by atoms with Gasteiger partial charge >= 0.3 is 5.97 Å². The first-order valence-corrected chi connectivity index (χ1v) is 6.49. The van der Waals surface area contributed by atoms with Crippen LogP contribution in [0, 0.1) is 0 Å². The van der Waals surface area contributed by atoms with Gasteiger partial charge in [0.15, 0.2) is 6.61 Å². The zero-order chi connectivity index (χ0) is 15.7.